The Balaban J connectivity index is 2.17. The second-order valence-corrected chi connectivity index (χ2v) is 11.7. The number of aliphatic hydroxyl groups excluding tert-OH is 1. The molecule has 1 N–H and O–H groups in total. The Morgan fingerprint density at radius 1 is 1.05 bits per heavy atom. The van der Waals surface area contributed by atoms with E-state index in [0.29, 0.717) is 18.8 Å². The second-order valence-electron chi connectivity index (χ2n) is 11.7. The van der Waals surface area contributed by atoms with Crippen LogP contribution in [-0.4, -0.2) is 69.2 Å². The number of methoxy groups -OCH3 is 3. The van der Waals surface area contributed by atoms with E-state index in [-0.39, 0.29) is 35.9 Å². The minimum absolute atomic E-state index is 0.0153. The summed E-state index contributed by atoms with van der Waals surface area (Å²) in [6.07, 6.45) is -1.03. The molecule has 3 rings (SSSR count). The number of rotatable bonds is 12. The van der Waals surface area contributed by atoms with E-state index in [9.17, 15) is 27.9 Å². The van der Waals surface area contributed by atoms with Crippen LogP contribution in [0.2, 0.25) is 0 Å². The molecule has 44 heavy (non-hydrogen) atoms. The zero-order valence-electron chi connectivity index (χ0n) is 25.8. The van der Waals surface area contributed by atoms with Gasteiger partial charge < -0.3 is 29.0 Å². The number of aliphatic hydroxyl groups is 1. The monoisotopic (exact) mass is 628 g/mol. The molecule has 1 amide bonds. The van der Waals surface area contributed by atoms with Crippen molar-refractivity contribution in [3.63, 3.8) is 0 Å². The van der Waals surface area contributed by atoms with E-state index in [1.54, 1.807) is 0 Å². The molecule has 1 aromatic heterocycles. The molecular formula is C31H40F4N2O7. The van der Waals surface area contributed by atoms with Crippen LogP contribution in [0.5, 0.6) is 11.6 Å². The van der Waals surface area contributed by atoms with Crippen LogP contribution in [0, 0.1) is 17.7 Å². The molecule has 0 atom stereocenters. The number of alkyl halides is 3. The Labute approximate surface area is 254 Å². The maximum atomic E-state index is 15.8. The minimum atomic E-state index is -4.94. The first kappa shape index (κ1) is 35.2. The van der Waals surface area contributed by atoms with Gasteiger partial charge in [-0.2, -0.15) is 13.2 Å². The summed E-state index contributed by atoms with van der Waals surface area (Å²) in [4.78, 5) is 32.1. The lowest BCUT2D eigenvalue weighted by Gasteiger charge is -2.36. The lowest BCUT2D eigenvalue weighted by molar-refractivity contribution is -0.139. The van der Waals surface area contributed by atoms with E-state index in [1.165, 1.54) is 33.0 Å². The number of hydrogen-bond acceptors (Lipinski definition) is 8. The average molecular weight is 629 g/mol. The Morgan fingerprint density at radius 3 is 2.18 bits per heavy atom. The topological polar surface area (TPSA) is 107 Å². The van der Waals surface area contributed by atoms with Crippen LogP contribution in [0.25, 0.3) is 0 Å². The third-order valence-electron chi connectivity index (χ3n) is 7.94. The quantitative estimate of drug-likeness (QED) is 0.229. The maximum absolute atomic E-state index is 15.8. The van der Waals surface area contributed by atoms with Gasteiger partial charge in [0.15, 0.2) is 11.6 Å². The van der Waals surface area contributed by atoms with Gasteiger partial charge in [-0.1, -0.05) is 20.8 Å². The van der Waals surface area contributed by atoms with Crippen LogP contribution in [0.15, 0.2) is 24.4 Å². The fraction of sp³-hybridized carbons (Fsp3) is 0.581. The van der Waals surface area contributed by atoms with Gasteiger partial charge in [0.1, 0.15) is 5.56 Å². The Kier molecular flexibility index (Phi) is 11.7. The molecule has 1 heterocycles. The van der Waals surface area contributed by atoms with Gasteiger partial charge in [0.2, 0.25) is 11.8 Å². The molecule has 1 saturated carbocycles. The van der Waals surface area contributed by atoms with Crippen molar-refractivity contribution in [2.75, 3.05) is 46.0 Å². The minimum Gasteiger partial charge on any atom is -0.465 e. The van der Waals surface area contributed by atoms with Crippen molar-refractivity contribution in [2.24, 2.45) is 11.8 Å². The molecule has 9 nitrogen and oxygen atoms in total. The van der Waals surface area contributed by atoms with Crippen LogP contribution < -0.4 is 9.64 Å². The van der Waals surface area contributed by atoms with Gasteiger partial charge in [-0.15, -0.1) is 0 Å². The molecule has 0 aliphatic heterocycles. The van der Waals surface area contributed by atoms with Gasteiger partial charge in [0.25, 0.3) is 0 Å². The number of hydrogen-bond donors (Lipinski definition) is 1. The summed E-state index contributed by atoms with van der Waals surface area (Å²) in [7, 11) is 3.92. The van der Waals surface area contributed by atoms with Crippen LogP contribution in [-0.2, 0) is 30.6 Å². The third-order valence-corrected chi connectivity index (χ3v) is 7.94. The van der Waals surface area contributed by atoms with Crippen LogP contribution in [0.4, 0.5) is 23.2 Å². The highest BCUT2D eigenvalue weighted by Gasteiger charge is 2.39. The fourth-order valence-corrected chi connectivity index (χ4v) is 5.18. The van der Waals surface area contributed by atoms with E-state index < -0.39 is 59.1 Å². The number of nitrogens with zero attached hydrogens (tertiary/aromatic N) is 2. The summed E-state index contributed by atoms with van der Waals surface area (Å²) in [5.74, 6) is -4.15. The fourth-order valence-electron chi connectivity index (χ4n) is 5.18. The van der Waals surface area contributed by atoms with Crippen molar-refractivity contribution in [2.45, 2.75) is 64.1 Å². The van der Waals surface area contributed by atoms with Gasteiger partial charge in [0.05, 0.1) is 44.2 Å². The maximum Gasteiger partial charge on any atom is 0.421 e. The van der Waals surface area contributed by atoms with Crippen molar-refractivity contribution in [1.29, 1.82) is 0 Å². The van der Waals surface area contributed by atoms with E-state index in [0.717, 1.165) is 44.3 Å². The summed E-state index contributed by atoms with van der Waals surface area (Å²) in [6, 6.07) is 1.76. The number of pyridine rings is 1. The molecule has 244 valence electrons. The zero-order chi connectivity index (χ0) is 32.8. The summed E-state index contributed by atoms with van der Waals surface area (Å²) in [6.45, 7) is 4.69. The van der Waals surface area contributed by atoms with Crippen LogP contribution >= 0.6 is 0 Å². The molecule has 0 bridgehead atoms. The van der Waals surface area contributed by atoms with Gasteiger partial charge >= 0.3 is 12.1 Å². The normalized spacial score (nSPS) is 17.5. The molecule has 13 heteroatoms. The molecule has 1 fully saturated rings. The van der Waals surface area contributed by atoms with E-state index in [2.05, 4.69) is 11.9 Å². The number of carbonyl (C=O) groups is 2. The first-order valence-corrected chi connectivity index (χ1v) is 14.3. The van der Waals surface area contributed by atoms with Crippen LogP contribution in [0.1, 0.15) is 67.9 Å². The largest absolute Gasteiger partial charge is 0.465 e. The van der Waals surface area contributed by atoms with Gasteiger partial charge in [-0.3, -0.25) is 4.79 Å². The lowest BCUT2D eigenvalue weighted by Crippen LogP contribution is -2.49. The van der Waals surface area contributed by atoms with E-state index >= 15 is 4.39 Å². The van der Waals surface area contributed by atoms with Crippen LogP contribution in [0.3, 0.4) is 0 Å². The predicted molar refractivity (Wildman–Crippen MR) is 153 cm³/mol. The van der Waals surface area contributed by atoms with Crippen molar-refractivity contribution in [3.8, 4) is 11.6 Å². The van der Waals surface area contributed by atoms with Crippen molar-refractivity contribution < 1.29 is 51.2 Å². The molecule has 0 spiro atoms. The number of carbonyl (C=O) groups excluding carboxylic acids is 2. The Bertz CT molecular complexity index is 1300. The SMILES string of the molecule is COCC(COC)N(C(=O)C1CCC(C)CC1)c1cc(F)c(Oc2ncc(C(C)(C)CO)cc2C(F)(F)F)cc1C(=O)OC. The number of esters is 1. The number of ether oxygens (including phenoxy) is 4. The van der Waals surface area contributed by atoms with E-state index in [4.69, 9.17) is 18.9 Å². The standard InChI is InChI=1S/C31H40F4N2O7/c1-18-7-9-19(10-8-18)28(39)37(21(15-41-4)16-42-5)25-13-24(32)26(12-22(25)29(40)43-6)44-27-23(31(33,34)35)11-20(14-36-27)30(2,3)17-38/h11-14,18-19,21,38H,7-10,15-17H2,1-6H3. The number of halogens is 4. The third kappa shape index (κ3) is 8.05. The summed E-state index contributed by atoms with van der Waals surface area (Å²) in [5.41, 5.74) is -2.75. The van der Waals surface area contributed by atoms with Gasteiger partial charge in [-0.25, -0.2) is 14.2 Å². The molecule has 0 radical (unpaired) electrons. The number of aromatic nitrogens is 1. The lowest BCUT2D eigenvalue weighted by atomic mass is 9.82. The van der Waals surface area contributed by atoms with Gasteiger partial charge in [-0.05, 0) is 43.2 Å². The average Bonchev–Trinajstić information content (AvgIpc) is 2.98. The molecule has 1 aliphatic carbocycles. The van der Waals surface area contributed by atoms with Gasteiger partial charge in [0, 0.05) is 43.9 Å². The molecule has 2 aromatic rings. The van der Waals surface area contributed by atoms with Crippen molar-refractivity contribution >= 4 is 17.6 Å². The molecule has 1 aromatic carbocycles. The highest BCUT2D eigenvalue weighted by atomic mass is 19.4. The number of benzene rings is 1. The summed E-state index contributed by atoms with van der Waals surface area (Å²) < 4.78 is 78.9. The Hall–Kier alpha value is -3.29. The number of anilines is 1. The first-order chi connectivity index (χ1) is 20.7. The number of amides is 1. The molecule has 0 saturated heterocycles. The summed E-state index contributed by atoms with van der Waals surface area (Å²) in [5, 5.41) is 9.62. The zero-order valence-corrected chi connectivity index (χ0v) is 25.8. The van der Waals surface area contributed by atoms with Crippen molar-refractivity contribution in [3.05, 3.63) is 46.9 Å². The van der Waals surface area contributed by atoms with Crippen molar-refractivity contribution in [1.82, 2.24) is 4.98 Å². The molecule has 1 aliphatic rings. The molecular weight excluding hydrogens is 588 g/mol. The van der Waals surface area contributed by atoms with E-state index in [1.807, 2.05) is 0 Å². The Morgan fingerprint density at radius 2 is 1.66 bits per heavy atom. The highest BCUT2D eigenvalue weighted by Crippen LogP contribution is 2.41. The second kappa shape index (κ2) is 14.7. The molecule has 0 unspecified atom stereocenters. The highest BCUT2D eigenvalue weighted by molar-refractivity contribution is 6.04. The summed E-state index contributed by atoms with van der Waals surface area (Å²) >= 11 is 0. The smallest absolute Gasteiger partial charge is 0.421 e. The first-order valence-electron chi connectivity index (χ1n) is 14.3. The predicted octanol–water partition coefficient (Wildman–Crippen LogP) is 5.91.